The lowest BCUT2D eigenvalue weighted by molar-refractivity contribution is -0.0577. The van der Waals surface area contributed by atoms with Gasteiger partial charge >= 0.3 is 6.03 Å². The molecule has 6 nitrogen and oxygen atoms in total. The van der Waals surface area contributed by atoms with Crippen LogP contribution in [0.2, 0.25) is 0 Å². The van der Waals surface area contributed by atoms with Crippen LogP contribution in [0.25, 0.3) is 5.65 Å². The highest BCUT2D eigenvalue weighted by Gasteiger charge is 2.55. The van der Waals surface area contributed by atoms with Crippen molar-refractivity contribution < 1.29 is 4.79 Å². The molecule has 2 aromatic rings. The summed E-state index contributed by atoms with van der Waals surface area (Å²) < 4.78 is 1.90. The molecule has 1 aliphatic carbocycles. The second-order valence-electron chi connectivity index (χ2n) is 7.26. The first-order chi connectivity index (χ1) is 11.6. The number of carbonyl (C=O) groups is 1. The molecule has 1 aliphatic heterocycles. The van der Waals surface area contributed by atoms with Crippen LogP contribution in [-0.4, -0.2) is 38.1 Å². The van der Waals surface area contributed by atoms with Crippen LogP contribution in [0.5, 0.6) is 0 Å². The fraction of sp³-hybridized carbons (Fsp3) is 0.500. The molecule has 4 rings (SSSR count). The maximum atomic E-state index is 12.6. The number of nitrogens with one attached hydrogen (secondary N) is 1. The summed E-state index contributed by atoms with van der Waals surface area (Å²) in [5, 5.41) is 11.3. The quantitative estimate of drug-likeness (QED) is 0.882. The monoisotopic (exact) mass is 325 g/mol. The molecular weight excluding hydrogens is 302 g/mol. The van der Waals surface area contributed by atoms with E-state index in [9.17, 15) is 4.79 Å². The fourth-order valence-electron chi connectivity index (χ4n) is 4.37. The third-order valence-corrected chi connectivity index (χ3v) is 5.34. The highest BCUT2D eigenvalue weighted by Crippen LogP contribution is 2.50. The molecule has 0 aromatic carbocycles. The SMILES string of the molecule is CC(C)C1N(C(=O)NCc2nnc3ccccn23)CC12CC=CC2. The third-order valence-electron chi connectivity index (χ3n) is 5.34. The molecule has 2 aromatic heterocycles. The predicted octanol–water partition coefficient (Wildman–Crippen LogP) is 2.62. The molecule has 2 amide bonds. The van der Waals surface area contributed by atoms with Gasteiger partial charge in [0.25, 0.3) is 0 Å². The Hall–Kier alpha value is -2.37. The molecule has 6 heteroatoms. The van der Waals surface area contributed by atoms with Gasteiger partial charge in [-0.1, -0.05) is 32.1 Å². The second kappa shape index (κ2) is 5.61. The number of fused-ring (bicyclic) bond motifs is 1. The Morgan fingerprint density at radius 3 is 2.88 bits per heavy atom. The number of likely N-dealkylation sites (tertiary alicyclic amines) is 1. The van der Waals surface area contributed by atoms with Gasteiger partial charge in [-0.2, -0.15) is 0 Å². The summed E-state index contributed by atoms with van der Waals surface area (Å²) in [6.07, 6.45) is 8.61. The Kier molecular flexibility index (Phi) is 3.55. The number of hydrogen-bond acceptors (Lipinski definition) is 3. The van der Waals surface area contributed by atoms with Crippen LogP contribution in [0.4, 0.5) is 4.79 Å². The van der Waals surface area contributed by atoms with E-state index in [1.165, 1.54) is 0 Å². The van der Waals surface area contributed by atoms with E-state index >= 15 is 0 Å². The minimum Gasteiger partial charge on any atom is -0.331 e. The van der Waals surface area contributed by atoms with E-state index in [1.807, 2.05) is 33.7 Å². The highest BCUT2D eigenvalue weighted by atomic mass is 16.2. The number of nitrogens with zero attached hydrogens (tertiary/aromatic N) is 4. The number of allylic oxidation sites excluding steroid dienone is 2. The van der Waals surface area contributed by atoms with Crippen LogP contribution in [0.3, 0.4) is 0 Å². The summed E-state index contributed by atoms with van der Waals surface area (Å²) >= 11 is 0. The van der Waals surface area contributed by atoms with Gasteiger partial charge in [0.05, 0.1) is 6.54 Å². The maximum Gasteiger partial charge on any atom is 0.318 e. The lowest BCUT2D eigenvalue weighted by Gasteiger charge is -2.58. The number of aromatic nitrogens is 3. The van der Waals surface area contributed by atoms with Crippen molar-refractivity contribution in [1.82, 2.24) is 24.8 Å². The lowest BCUT2D eigenvalue weighted by Crippen LogP contribution is -2.69. The molecule has 1 N–H and O–H groups in total. The van der Waals surface area contributed by atoms with Crippen LogP contribution in [0.15, 0.2) is 36.5 Å². The molecule has 1 fully saturated rings. The number of urea groups is 1. The normalized spacial score (nSPS) is 21.6. The molecule has 3 heterocycles. The van der Waals surface area contributed by atoms with Gasteiger partial charge in [0.1, 0.15) is 0 Å². The molecule has 1 atom stereocenters. The van der Waals surface area contributed by atoms with Crippen molar-refractivity contribution in [2.45, 2.75) is 39.3 Å². The lowest BCUT2D eigenvalue weighted by atomic mass is 9.65. The van der Waals surface area contributed by atoms with Gasteiger partial charge in [0.2, 0.25) is 0 Å². The van der Waals surface area contributed by atoms with E-state index in [2.05, 4.69) is 41.5 Å². The summed E-state index contributed by atoms with van der Waals surface area (Å²) in [7, 11) is 0. The number of rotatable bonds is 3. The van der Waals surface area contributed by atoms with E-state index in [0.717, 1.165) is 30.9 Å². The van der Waals surface area contributed by atoms with Gasteiger partial charge < -0.3 is 10.2 Å². The minimum atomic E-state index is -0.00101. The van der Waals surface area contributed by atoms with E-state index < -0.39 is 0 Å². The topological polar surface area (TPSA) is 62.5 Å². The number of hydrogen-bond donors (Lipinski definition) is 1. The summed E-state index contributed by atoms with van der Waals surface area (Å²) in [6, 6.07) is 6.07. The van der Waals surface area contributed by atoms with E-state index in [4.69, 9.17) is 0 Å². The van der Waals surface area contributed by atoms with E-state index in [-0.39, 0.29) is 11.4 Å². The van der Waals surface area contributed by atoms with Crippen LogP contribution in [-0.2, 0) is 6.54 Å². The average Bonchev–Trinajstić information content (AvgIpc) is 3.18. The molecule has 1 saturated heterocycles. The number of pyridine rings is 1. The Morgan fingerprint density at radius 2 is 2.12 bits per heavy atom. The standard InChI is InChI=1S/C18H23N5O/c1-13(2)16-18(8-4-5-9-18)12-23(16)17(24)19-11-15-21-20-14-7-3-6-10-22(14)15/h3-7,10,13,16H,8-9,11-12H2,1-2H3,(H,19,24). The van der Waals surface area contributed by atoms with Gasteiger partial charge in [0.15, 0.2) is 11.5 Å². The second-order valence-corrected chi connectivity index (χ2v) is 7.26. The van der Waals surface area contributed by atoms with Crippen molar-refractivity contribution in [2.24, 2.45) is 11.3 Å². The van der Waals surface area contributed by atoms with Crippen molar-refractivity contribution >= 4 is 11.7 Å². The summed E-state index contributed by atoms with van der Waals surface area (Å²) in [5.74, 6) is 1.20. The van der Waals surface area contributed by atoms with Crippen LogP contribution in [0, 0.1) is 11.3 Å². The minimum absolute atomic E-state index is 0.00101. The predicted molar refractivity (Wildman–Crippen MR) is 91.4 cm³/mol. The van der Waals surface area contributed by atoms with Crippen molar-refractivity contribution in [3.8, 4) is 0 Å². The molecule has 0 bridgehead atoms. The average molecular weight is 325 g/mol. The zero-order chi connectivity index (χ0) is 16.7. The van der Waals surface area contributed by atoms with Crippen molar-refractivity contribution in [1.29, 1.82) is 0 Å². The molecule has 0 saturated carbocycles. The Bertz CT molecular complexity index is 786. The largest absolute Gasteiger partial charge is 0.331 e. The highest BCUT2D eigenvalue weighted by molar-refractivity contribution is 5.76. The smallest absolute Gasteiger partial charge is 0.318 e. The number of carbonyl (C=O) groups excluding carboxylic acids is 1. The first kappa shape index (κ1) is 15.2. The van der Waals surface area contributed by atoms with Crippen LogP contribution < -0.4 is 5.32 Å². The van der Waals surface area contributed by atoms with Gasteiger partial charge in [-0.3, -0.25) is 4.40 Å². The van der Waals surface area contributed by atoms with Gasteiger partial charge in [-0.25, -0.2) is 4.79 Å². The van der Waals surface area contributed by atoms with Crippen molar-refractivity contribution in [3.63, 3.8) is 0 Å². The fourth-order valence-corrected chi connectivity index (χ4v) is 4.37. The van der Waals surface area contributed by atoms with Gasteiger partial charge in [0, 0.05) is 24.2 Å². The molecule has 24 heavy (non-hydrogen) atoms. The maximum absolute atomic E-state index is 12.6. The van der Waals surface area contributed by atoms with Gasteiger partial charge in [-0.05, 0) is 30.9 Å². The third kappa shape index (κ3) is 2.28. The van der Waals surface area contributed by atoms with Gasteiger partial charge in [-0.15, -0.1) is 10.2 Å². The Balaban J connectivity index is 1.43. The summed E-state index contributed by atoms with van der Waals surface area (Å²) in [4.78, 5) is 14.6. The summed E-state index contributed by atoms with van der Waals surface area (Å²) in [6.45, 7) is 5.64. The van der Waals surface area contributed by atoms with E-state index in [1.54, 1.807) is 0 Å². The summed E-state index contributed by atoms with van der Waals surface area (Å²) in [5.41, 5.74) is 1.06. The van der Waals surface area contributed by atoms with E-state index in [0.29, 0.717) is 18.5 Å². The zero-order valence-corrected chi connectivity index (χ0v) is 14.1. The van der Waals surface area contributed by atoms with Crippen LogP contribution >= 0.6 is 0 Å². The van der Waals surface area contributed by atoms with Crippen LogP contribution in [0.1, 0.15) is 32.5 Å². The Labute approximate surface area is 141 Å². The molecule has 2 aliphatic rings. The molecular formula is C18H23N5O. The molecule has 126 valence electrons. The van der Waals surface area contributed by atoms with Crippen molar-refractivity contribution in [2.75, 3.05) is 6.54 Å². The zero-order valence-electron chi connectivity index (χ0n) is 14.1. The molecule has 1 unspecified atom stereocenters. The first-order valence-electron chi connectivity index (χ1n) is 8.59. The molecule has 1 spiro atoms. The number of amides is 2. The van der Waals surface area contributed by atoms with Crippen molar-refractivity contribution in [3.05, 3.63) is 42.4 Å². The first-order valence-corrected chi connectivity index (χ1v) is 8.59. The Morgan fingerprint density at radius 1 is 1.33 bits per heavy atom. The molecule has 0 radical (unpaired) electrons.